The Morgan fingerprint density at radius 3 is 2.50 bits per heavy atom. The lowest BCUT2D eigenvalue weighted by Gasteiger charge is -2.28. The van der Waals surface area contributed by atoms with E-state index in [1.807, 2.05) is 35.2 Å². The van der Waals surface area contributed by atoms with E-state index in [1.54, 1.807) is 28.1 Å². The third kappa shape index (κ3) is 5.16. The smallest absolute Gasteiger partial charge is 0.410 e. The molecule has 0 N–H and O–H groups in total. The molecular weight excluding hydrogens is 492 g/mol. The molecule has 5 rings (SSSR count). The number of ether oxygens (including phenoxy) is 1. The van der Waals surface area contributed by atoms with Crippen molar-refractivity contribution in [1.29, 1.82) is 0 Å². The van der Waals surface area contributed by atoms with Crippen molar-refractivity contribution in [1.82, 2.24) is 20.0 Å². The van der Waals surface area contributed by atoms with E-state index in [0.29, 0.717) is 50.5 Å². The van der Waals surface area contributed by atoms with Crippen molar-refractivity contribution in [3.8, 4) is 0 Å². The average Bonchev–Trinajstić information content (AvgIpc) is 3.26. The van der Waals surface area contributed by atoms with Crippen LogP contribution >= 0.6 is 0 Å². The van der Waals surface area contributed by atoms with Crippen molar-refractivity contribution in [3.63, 3.8) is 0 Å². The van der Waals surface area contributed by atoms with E-state index in [-0.39, 0.29) is 11.9 Å². The molecule has 2 aliphatic heterocycles. The maximum Gasteiger partial charge on any atom is 0.410 e. The van der Waals surface area contributed by atoms with E-state index in [2.05, 4.69) is 10.2 Å². The molecule has 3 atom stereocenters. The predicted molar refractivity (Wildman–Crippen MR) is 136 cm³/mol. The highest BCUT2D eigenvalue weighted by Crippen LogP contribution is 2.38. The molecule has 38 heavy (non-hydrogen) atoms. The zero-order valence-electron chi connectivity index (χ0n) is 21.0. The molecule has 10 heteroatoms. The van der Waals surface area contributed by atoms with Gasteiger partial charge in [0.2, 0.25) is 5.91 Å². The van der Waals surface area contributed by atoms with Gasteiger partial charge < -0.3 is 14.5 Å². The summed E-state index contributed by atoms with van der Waals surface area (Å²) in [7, 11) is 1.35. The number of hydrogen-bond donors (Lipinski definition) is 0. The summed E-state index contributed by atoms with van der Waals surface area (Å²) >= 11 is 0. The van der Waals surface area contributed by atoms with Crippen LogP contribution in [-0.4, -0.2) is 71.8 Å². The van der Waals surface area contributed by atoms with E-state index in [0.717, 1.165) is 11.6 Å². The van der Waals surface area contributed by atoms with E-state index < -0.39 is 29.6 Å². The van der Waals surface area contributed by atoms with E-state index in [9.17, 15) is 18.4 Å². The average molecular weight is 522 g/mol. The lowest BCUT2D eigenvalue weighted by molar-refractivity contribution is -0.135. The number of methoxy groups -OCH3 is 1. The summed E-state index contributed by atoms with van der Waals surface area (Å²) in [6.07, 6.45) is 1.64. The van der Waals surface area contributed by atoms with Crippen LogP contribution in [0.2, 0.25) is 0 Å². The molecule has 3 aromatic rings. The molecule has 1 aromatic heterocycles. The summed E-state index contributed by atoms with van der Waals surface area (Å²) in [5, 5.41) is 8.11. The molecular formula is C28H29F2N5O3. The fraction of sp³-hybridized carbons (Fsp3) is 0.357. The van der Waals surface area contributed by atoms with Crippen LogP contribution in [0.3, 0.4) is 0 Å². The van der Waals surface area contributed by atoms with Gasteiger partial charge in [0.05, 0.1) is 19.1 Å². The van der Waals surface area contributed by atoms with Crippen LogP contribution in [0.4, 0.5) is 19.4 Å². The van der Waals surface area contributed by atoms with Gasteiger partial charge in [0.1, 0.15) is 11.6 Å². The number of halogens is 2. The Hall–Kier alpha value is -4.08. The summed E-state index contributed by atoms with van der Waals surface area (Å²) < 4.78 is 33.7. The molecule has 2 saturated heterocycles. The molecule has 198 valence electrons. The van der Waals surface area contributed by atoms with Crippen LogP contribution in [0.25, 0.3) is 0 Å². The largest absolute Gasteiger partial charge is 0.453 e. The minimum absolute atomic E-state index is 0.136. The molecule has 0 aliphatic carbocycles. The fourth-order valence-electron chi connectivity index (χ4n) is 5.56. The first-order valence-corrected chi connectivity index (χ1v) is 12.6. The normalized spacial score (nSPS) is 21.8. The van der Waals surface area contributed by atoms with Crippen LogP contribution in [-0.2, 0) is 9.53 Å². The molecule has 8 nitrogen and oxygen atoms in total. The highest BCUT2D eigenvalue weighted by molar-refractivity contribution is 5.82. The molecule has 3 heterocycles. The van der Waals surface area contributed by atoms with Crippen LogP contribution in [0.15, 0.2) is 66.9 Å². The Bertz CT molecular complexity index is 1280. The number of benzene rings is 2. The van der Waals surface area contributed by atoms with Gasteiger partial charge >= 0.3 is 6.09 Å². The van der Waals surface area contributed by atoms with Gasteiger partial charge in [-0.3, -0.25) is 9.69 Å². The summed E-state index contributed by atoms with van der Waals surface area (Å²) in [6.45, 7) is 1.70. The number of carbonyl (C=O) groups excluding carboxylic acids is 2. The monoisotopic (exact) mass is 521 g/mol. The molecule has 0 bridgehead atoms. The van der Waals surface area contributed by atoms with Crippen molar-refractivity contribution >= 4 is 17.8 Å². The Morgan fingerprint density at radius 1 is 0.974 bits per heavy atom. The Labute approximate surface area is 219 Å². The summed E-state index contributed by atoms with van der Waals surface area (Å²) in [6, 6.07) is 16.5. The minimum Gasteiger partial charge on any atom is -0.453 e. The molecule has 2 aliphatic rings. The topological polar surface area (TPSA) is 78.9 Å². The third-order valence-electron chi connectivity index (χ3n) is 7.45. The zero-order chi connectivity index (χ0) is 26.6. The Kier molecular flexibility index (Phi) is 7.48. The molecule has 0 spiro atoms. The maximum atomic E-state index is 14.9. The van der Waals surface area contributed by atoms with Crippen LogP contribution in [0.1, 0.15) is 29.5 Å². The van der Waals surface area contributed by atoms with E-state index >= 15 is 0 Å². The zero-order valence-corrected chi connectivity index (χ0v) is 21.0. The van der Waals surface area contributed by atoms with Gasteiger partial charge in [-0.15, -0.1) is 5.10 Å². The van der Waals surface area contributed by atoms with Crippen LogP contribution in [0, 0.1) is 17.6 Å². The molecule has 2 fully saturated rings. The van der Waals surface area contributed by atoms with Crippen LogP contribution < -0.4 is 4.90 Å². The lowest BCUT2D eigenvalue weighted by atomic mass is 9.87. The molecule has 2 amide bonds. The molecule has 1 unspecified atom stereocenters. The lowest BCUT2D eigenvalue weighted by Crippen LogP contribution is -2.42. The SMILES string of the molecule is COC(=O)N1CCN(C(=O)[C@@H]2CN(c3cccnn3)C[C@H]2c2ccc(F)cc2F)CCC1c1ccccc1. The van der Waals surface area contributed by atoms with Gasteiger partial charge in [-0.2, -0.15) is 5.10 Å². The number of amides is 2. The number of carbonyl (C=O) groups is 2. The van der Waals surface area contributed by atoms with Gasteiger partial charge in [0.15, 0.2) is 5.82 Å². The highest BCUT2D eigenvalue weighted by atomic mass is 19.1. The van der Waals surface area contributed by atoms with Crippen molar-refractivity contribution in [2.45, 2.75) is 18.4 Å². The van der Waals surface area contributed by atoms with Crippen molar-refractivity contribution in [2.24, 2.45) is 5.92 Å². The first-order chi connectivity index (χ1) is 18.5. The first kappa shape index (κ1) is 25.6. The number of rotatable bonds is 4. The van der Waals surface area contributed by atoms with Crippen LogP contribution in [0.5, 0.6) is 0 Å². The summed E-state index contributed by atoms with van der Waals surface area (Å²) in [5.74, 6) is -1.98. The second-order valence-electron chi connectivity index (χ2n) is 9.57. The van der Waals surface area contributed by atoms with Crippen molar-refractivity contribution in [2.75, 3.05) is 44.7 Å². The second kappa shape index (κ2) is 11.1. The molecule has 0 saturated carbocycles. The summed E-state index contributed by atoms with van der Waals surface area (Å²) in [5.41, 5.74) is 1.26. The second-order valence-corrected chi connectivity index (χ2v) is 9.57. The third-order valence-corrected chi connectivity index (χ3v) is 7.45. The number of hydrogen-bond acceptors (Lipinski definition) is 6. The van der Waals surface area contributed by atoms with Gasteiger partial charge in [0, 0.05) is 50.9 Å². The molecule has 2 aromatic carbocycles. The van der Waals surface area contributed by atoms with E-state index in [4.69, 9.17) is 4.74 Å². The minimum atomic E-state index is -0.675. The Balaban J connectivity index is 1.42. The van der Waals surface area contributed by atoms with Crippen molar-refractivity contribution in [3.05, 3.63) is 89.6 Å². The number of nitrogens with zero attached hydrogens (tertiary/aromatic N) is 5. The van der Waals surface area contributed by atoms with Gasteiger partial charge in [0.25, 0.3) is 0 Å². The van der Waals surface area contributed by atoms with Gasteiger partial charge in [-0.25, -0.2) is 13.6 Å². The van der Waals surface area contributed by atoms with Crippen molar-refractivity contribution < 1.29 is 23.1 Å². The predicted octanol–water partition coefficient (Wildman–Crippen LogP) is 4.02. The number of aromatic nitrogens is 2. The van der Waals surface area contributed by atoms with Gasteiger partial charge in [-0.05, 0) is 35.7 Å². The standard InChI is InChI=1S/C28H29F2N5O3/c1-38-28(37)35-15-14-33(13-11-25(35)19-6-3-2-4-7-19)27(36)23-18-34(26-8-5-12-31-32-26)17-22(23)21-10-9-20(29)16-24(21)30/h2-10,12,16,22-23,25H,11,13-15,17-18H2,1H3/t22-,23+,25?/m0/s1. The quantitative estimate of drug-likeness (QED) is 0.516. The molecule has 0 radical (unpaired) electrons. The fourth-order valence-corrected chi connectivity index (χ4v) is 5.56. The van der Waals surface area contributed by atoms with Gasteiger partial charge in [-0.1, -0.05) is 36.4 Å². The number of anilines is 1. The van der Waals surface area contributed by atoms with E-state index in [1.165, 1.54) is 19.2 Å². The maximum absolute atomic E-state index is 14.9. The first-order valence-electron chi connectivity index (χ1n) is 12.6. The highest BCUT2D eigenvalue weighted by Gasteiger charge is 2.43. The Morgan fingerprint density at radius 2 is 1.79 bits per heavy atom. The summed E-state index contributed by atoms with van der Waals surface area (Å²) in [4.78, 5) is 32.0.